The van der Waals surface area contributed by atoms with Crippen molar-refractivity contribution in [2.75, 3.05) is 25.4 Å². The van der Waals surface area contributed by atoms with E-state index in [1.807, 2.05) is 0 Å². The number of thioether (sulfide) groups is 1. The van der Waals surface area contributed by atoms with Crippen molar-refractivity contribution < 1.29 is 5.11 Å². The second kappa shape index (κ2) is 8.01. The van der Waals surface area contributed by atoms with Crippen LogP contribution in [0.1, 0.15) is 13.8 Å². The highest BCUT2D eigenvalue weighted by atomic mass is 32.2. The molecule has 0 aromatic carbocycles. The second-order valence-corrected chi connectivity index (χ2v) is 5.07. The summed E-state index contributed by atoms with van der Waals surface area (Å²) in [5, 5.41) is 9.95. The molecule has 0 unspecified atom stereocenters. The zero-order chi connectivity index (χ0) is 14.3. The monoisotopic (exact) mass is 283 g/mol. The van der Waals surface area contributed by atoms with Gasteiger partial charge in [-0.05, 0) is 13.1 Å². The molecule has 0 aliphatic carbocycles. The van der Waals surface area contributed by atoms with Crippen LogP contribution in [0.25, 0.3) is 0 Å². The lowest BCUT2D eigenvalue weighted by atomic mass is 10.5. The topological polar surface area (TPSA) is 58.4 Å². The molecule has 0 spiro atoms. The highest BCUT2D eigenvalue weighted by Crippen LogP contribution is 2.16. The van der Waals surface area contributed by atoms with Crippen molar-refractivity contribution in [2.24, 2.45) is 0 Å². The molecule has 1 rings (SSSR count). The van der Waals surface area contributed by atoms with Gasteiger partial charge in [-0.2, -0.15) is 4.98 Å². The Morgan fingerprint density at radius 3 is 2.79 bits per heavy atom. The zero-order valence-corrected chi connectivity index (χ0v) is 12.3. The molecule has 0 saturated heterocycles. The van der Waals surface area contributed by atoms with Crippen LogP contribution in [0.4, 0.5) is 0 Å². The van der Waals surface area contributed by atoms with Gasteiger partial charge >= 0.3 is 0 Å². The summed E-state index contributed by atoms with van der Waals surface area (Å²) in [5.74, 6) is 0.602. The summed E-state index contributed by atoms with van der Waals surface area (Å²) < 4.78 is 1.51. The fourth-order valence-electron chi connectivity index (χ4n) is 1.69. The van der Waals surface area contributed by atoms with Crippen LogP contribution in [-0.4, -0.2) is 44.9 Å². The van der Waals surface area contributed by atoms with E-state index in [1.54, 1.807) is 6.08 Å². The molecule has 0 fully saturated rings. The van der Waals surface area contributed by atoms with E-state index in [0.717, 1.165) is 31.5 Å². The summed E-state index contributed by atoms with van der Waals surface area (Å²) in [4.78, 5) is 18.1. The molecular weight excluding hydrogens is 262 g/mol. The summed E-state index contributed by atoms with van der Waals surface area (Å²) in [6, 6.07) is 1.12. The van der Waals surface area contributed by atoms with Crippen molar-refractivity contribution in [2.45, 2.75) is 25.5 Å². The van der Waals surface area contributed by atoms with Crippen LogP contribution in [-0.2, 0) is 6.54 Å². The third kappa shape index (κ3) is 4.72. The van der Waals surface area contributed by atoms with Gasteiger partial charge in [-0.15, -0.1) is 6.58 Å². The molecular formula is C13H21N3O2S. The summed E-state index contributed by atoms with van der Waals surface area (Å²) in [6.45, 7) is 11.2. The van der Waals surface area contributed by atoms with E-state index in [4.69, 9.17) is 0 Å². The van der Waals surface area contributed by atoms with Gasteiger partial charge < -0.3 is 10.0 Å². The minimum atomic E-state index is -0.252. The molecule has 1 N–H and O–H groups in total. The molecule has 0 saturated carbocycles. The molecule has 5 nitrogen and oxygen atoms in total. The summed E-state index contributed by atoms with van der Waals surface area (Å²) in [7, 11) is 0. The lowest BCUT2D eigenvalue weighted by molar-refractivity contribution is 0.323. The smallest absolute Gasteiger partial charge is 0.258 e. The van der Waals surface area contributed by atoms with Gasteiger partial charge in [-0.1, -0.05) is 31.7 Å². The first-order valence-electron chi connectivity index (χ1n) is 6.39. The van der Waals surface area contributed by atoms with Gasteiger partial charge in [0.05, 0.1) is 6.07 Å². The maximum atomic E-state index is 11.8. The van der Waals surface area contributed by atoms with Crippen molar-refractivity contribution in [3.05, 3.63) is 29.1 Å². The van der Waals surface area contributed by atoms with E-state index in [9.17, 15) is 9.90 Å². The standard InChI is InChI=1S/C13H21N3O2S/c1-4-7-16-12(18)10-11(17)14-13(16)19-9-8-15(5-2)6-3/h4,10,17H,1,5-9H2,2-3H3. The van der Waals surface area contributed by atoms with Crippen molar-refractivity contribution in [1.82, 2.24) is 14.5 Å². The number of aromatic nitrogens is 2. The maximum absolute atomic E-state index is 11.8. The van der Waals surface area contributed by atoms with Crippen LogP contribution in [0, 0.1) is 0 Å². The Morgan fingerprint density at radius 1 is 1.53 bits per heavy atom. The zero-order valence-electron chi connectivity index (χ0n) is 11.5. The van der Waals surface area contributed by atoms with Crippen LogP contribution < -0.4 is 5.56 Å². The molecule has 0 aliphatic heterocycles. The van der Waals surface area contributed by atoms with Gasteiger partial charge in [-0.25, -0.2) is 0 Å². The molecule has 0 radical (unpaired) electrons. The van der Waals surface area contributed by atoms with E-state index < -0.39 is 0 Å². The largest absolute Gasteiger partial charge is 0.493 e. The van der Waals surface area contributed by atoms with E-state index in [-0.39, 0.29) is 11.4 Å². The Hall–Kier alpha value is -1.27. The average molecular weight is 283 g/mol. The Labute approximate surface area is 118 Å². The number of nitrogens with zero attached hydrogens (tertiary/aromatic N) is 3. The molecule has 0 bridgehead atoms. The van der Waals surface area contributed by atoms with Gasteiger partial charge in [0.25, 0.3) is 5.56 Å². The number of hydrogen-bond donors (Lipinski definition) is 1. The van der Waals surface area contributed by atoms with Crippen molar-refractivity contribution in [3.8, 4) is 5.88 Å². The first kappa shape index (κ1) is 15.8. The van der Waals surface area contributed by atoms with Crippen LogP contribution in [0.3, 0.4) is 0 Å². The summed E-state index contributed by atoms with van der Waals surface area (Å²) >= 11 is 1.48. The predicted octanol–water partition coefficient (Wildman–Crippen LogP) is 1.57. The first-order chi connectivity index (χ1) is 9.12. The molecule has 0 amide bonds. The predicted molar refractivity (Wildman–Crippen MR) is 78.9 cm³/mol. The average Bonchev–Trinajstić information content (AvgIpc) is 2.38. The lowest BCUT2D eigenvalue weighted by Crippen LogP contribution is -2.26. The fraction of sp³-hybridized carbons (Fsp3) is 0.538. The minimum Gasteiger partial charge on any atom is -0.493 e. The van der Waals surface area contributed by atoms with Crippen LogP contribution >= 0.6 is 11.8 Å². The number of hydrogen-bond acceptors (Lipinski definition) is 5. The number of aromatic hydroxyl groups is 1. The molecule has 6 heteroatoms. The molecule has 1 heterocycles. The van der Waals surface area contributed by atoms with Gasteiger partial charge in [0.15, 0.2) is 5.16 Å². The third-order valence-corrected chi connectivity index (χ3v) is 3.76. The normalized spacial score (nSPS) is 10.9. The third-order valence-electron chi connectivity index (χ3n) is 2.80. The van der Waals surface area contributed by atoms with Gasteiger partial charge in [0.1, 0.15) is 0 Å². The van der Waals surface area contributed by atoms with Crippen molar-refractivity contribution in [1.29, 1.82) is 0 Å². The number of rotatable bonds is 8. The quantitative estimate of drug-likeness (QED) is 0.446. The van der Waals surface area contributed by atoms with Gasteiger partial charge in [-0.3, -0.25) is 9.36 Å². The first-order valence-corrected chi connectivity index (χ1v) is 7.37. The lowest BCUT2D eigenvalue weighted by Gasteiger charge is -2.17. The number of allylic oxidation sites excluding steroid dienone is 1. The molecule has 0 aliphatic rings. The van der Waals surface area contributed by atoms with Crippen molar-refractivity contribution in [3.63, 3.8) is 0 Å². The van der Waals surface area contributed by atoms with E-state index in [1.165, 1.54) is 16.3 Å². The molecule has 1 aromatic heterocycles. The highest BCUT2D eigenvalue weighted by Gasteiger charge is 2.08. The molecule has 1 aromatic rings. The summed E-state index contributed by atoms with van der Waals surface area (Å²) in [6.07, 6.45) is 1.65. The van der Waals surface area contributed by atoms with Crippen molar-refractivity contribution >= 4 is 11.8 Å². The highest BCUT2D eigenvalue weighted by molar-refractivity contribution is 7.99. The minimum absolute atomic E-state index is 0.226. The van der Waals surface area contributed by atoms with Crippen LogP contribution in [0.2, 0.25) is 0 Å². The fourth-order valence-corrected chi connectivity index (χ4v) is 2.70. The van der Waals surface area contributed by atoms with E-state index in [2.05, 4.69) is 30.3 Å². The Bertz CT molecular complexity index is 469. The Kier molecular flexibility index (Phi) is 6.66. The van der Waals surface area contributed by atoms with Crippen LogP contribution in [0.5, 0.6) is 5.88 Å². The van der Waals surface area contributed by atoms with Gasteiger partial charge in [0, 0.05) is 18.8 Å². The molecule has 19 heavy (non-hydrogen) atoms. The second-order valence-electron chi connectivity index (χ2n) is 4.01. The Morgan fingerprint density at radius 2 is 2.21 bits per heavy atom. The molecule has 106 valence electrons. The van der Waals surface area contributed by atoms with E-state index >= 15 is 0 Å². The Balaban J connectivity index is 2.76. The van der Waals surface area contributed by atoms with E-state index in [0.29, 0.717) is 11.7 Å². The van der Waals surface area contributed by atoms with Crippen LogP contribution in [0.15, 0.2) is 28.7 Å². The van der Waals surface area contributed by atoms with Gasteiger partial charge in [0.2, 0.25) is 5.88 Å². The molecule has 0 atom stereocenters. The maximum Gasteiger partial charge on any atom is 0.258 e. The SMILES string of the molecule is C=CCn1c(SCCN(CC)CC)nc(O)cc1=O. The summed E-state index contributed by atoms with van der Waals surface area (Å²) in [5.41, 5.74) is -0.252.